The maximum absolute atomic E-state index is 10.5. The van der Waals surface area contributed by atoms with Gasteiger partial charge in [0, 0.05) is 0 Å². The van der Waals surface area contributed by atoms with E-state index in [0.717, 1.165) is 64.2 Å². The molecule has 2 heteroatoms. The lowest BCUT2D eigenvalue weighted by atomic mass is 9.87. The molecule has 0 saturated heterocycles. The van der Waals surface area contributed by atoms with Crippen molar-refractivity contribution in [3.63, 3.8) is 0 Å². The van der Waals surface area contributed by atoms with E-state index in [4.69, 9.17) is 0 Å². The Labute approximate surface area is 261 Å². The van der Waals surface area contributed by atoms with E-state index < -0.39 is 11.2 Å². The third-order valence-corrected chi connectivity index (χ3v) is 9.21. The molecule has 4 atom stereocenters. The van der Waals surface area contributed by atoms with E-state index in [1.165, 1.54) is 35.1 Å². The minimum atomic E-state index is -0.682. The molecule has 0 aromatic carbocycles. The predicted octanol–water partition coefficient (Wildman–Crippen LogP) is 11.6. The lowest BCUT2D eigenvalue weighted by molar-refractivity contribution is 0.101. The molecule has 2 nitrogen and oxygen atoms in total. The van der Waals surface area contributed by atoms with Crippen molar-refractivity contribution >= 4 is 0 Å². The first kappa shape index (κ1) is 38.4. The molecular formula is C40H68O2. The molecule has 0 aromatic rings. The van der Waals surface area contributed by atoms with Gasteiger partial charge in [0.05, 0.1) is 11.2 Å². The zero-order valence-electron chi connectivity index (χ0n) is 29.3. The first-order valence-electron chi connectivity index (χ1n) is 17.1. The second-order valence-electron chi connectivity index (χ2n) is 14.7. The summed E-state index contributed by atoms with van der Waals surface area (Å²) in [4.78, 5) is 0. The molecule has 0 amide bonds. The Kier molecular flexibility index (Phi) is 17.9. The van der Waals surface area contributed by atoms with Crippen LogP contribution < -0.4 is 0 Å². The molecule has 240 valence electrons. The summed E-state index contributed by atoms with van der Waals surface area (Å²) in [6, 6.07) is 0. The van der Waals surface area contributed by atoms with Gasteiger partial charge in [-0.25, -0.2) is 0 Å². The number of hydrogen-bond acceptors (Lipinski definition) is 2. The summed E-state index contributed by atoms with van der Waals surface area (Å²) in [5.74, 6) is 2.36. The number of hydrogen-bond donors (Lipinski definition) is 2. The van der Waals surface area contributed by atoms with Crippen LogP contribution in [0.25, 0.3) is 0 Å². The second-order valence-corrected chi connectivity index (χ2v) is 14.7. The number of aliphatic hydroxyl groups is 2. The lowest BCUT2D eigenvalue weighted by Crippen LogP contribution is -2.21. The van der Waals surface area contributed by atoms with E-state index >= 15 is 0 Å². The minimum absolute atomic E-state index is 0.556. The molecule has 0 unspecified atom stereocenters. The molecule has 2 aliphatic rings. The van der Waals surface area contributed by atoms with Gasteiger partial charge in [0.25, 0.3) is 0 Å². The van der Waals surface area contributed by atoms with Crippen LogP contribution in [0.1, 0.15) is 146 Å². The van der Waals surface area contributed by atoms with Crippen molar-refractivity contribution in [1.82, 2.24) is 0 Å². The fourth-order valence-corrected chi connectivity index (χ4v) is 5.64. The van der Waals surface area contributed by atoms with E-state index in [2.05, 4.69) is 91.8 Å². The van der Waals surface area contributed by atoms with Crippen molar-refractivity contribution in [2.24, 2.45) is 23.7 Å². The molecule has 0 spiro atoms. The lowest BCUT2D eigenvalue weighted by Gasteiger charge is -2.22. The minimum Gasteiger partial charge on any atom is -0.386 e. The molecule has 0 aliphatic heterocycles. The summed E-state index contributed by atoms with van der Waals surface area (Å²) in [5, 5.41) is 21.0. The van der Waals surface area contributed by atoms with Crippen molar-refractivity contribution in [2.45, 2.75) is 157 Å². The monoisotopic (exact) mass is 581 g/mol. The van der Waals surface area contributed by atoms with E-state index in [0.29, 0.717) is 23.7 Å². The van der Waals surface area contributed by atoms with Gasteiger partial charge in [-0.05, 0) is 142 Å². The summed E-state index contributed by atoms with van der Waals surface area (Å²) in [6.07, 6.45) is 30.7. The van der Waals surface area contributed by atoms with Gasteiger partial charge in [-0.15, -0.1) is 0 Å². The third kappa shape index (κ3) is 18.1. The quantitative estimate of drug-likeness (QED) is 0.319. The Balaban J connectivity index is 0.000000420. The summed E-state index contributed by atoms with van der Waals surface area (Å²) >= 11 is 0. The average molecular weight is 581 g/mol. The molecule has 0 bridgehead atoms. The topological polar surface area (TPSA) is 40.5 Å². The highest BCUT2D eigenvalue weighted by atomic mass is 16.3. The fraction of sp³-hybridized carbons (Fsp3) is 0.700. The van der Waals surface area contributed by atoms with Gasteiger partial charge in [0.1, 0.15) is 0 Å². The maximum atomic E-state index is 10.5. The standard InChI is InChI=1S/2C20H34O/c2*1-16(2)19-12-11-18(4)9-6-8-17(3)10-7-14-20(5,21)15-13-19/h2*9-10,13,15-16,19,21H,6-8,11-12,14H2,1-5H3/b2*15-13+,17-10+,18-9+/t19-,20+;19-,20-/m11/s1. The number of rotatable bonds is 2. The second kappa shape index (κ2) is 19.6. The van der Waals surface area contributed by atoms with Gasteiger partial charge in [0.2, 0.25) is 0 Å². The molecule has 0 radical (unpaired) electrons. The van der Waals surface area contributed by atoms with Crippen LogP contribution in [0.4, 0.5) is 0 Å². The molecule has 42 heavy (non-hydrogen) atoms. The van der Waals surface area contributed by atoms with Crippen molar-refractivity contribution < 1.29 is 10.2 Å². The zero-order chi connectivity index (χ0) is 31.8. The normalized spacial score (nSPS) is 36.2. The molecule has 0 fully saturated rings. The number of allylic oxidation sites excluding steroid dienone is 10. The average Bonchev–Trinajstić information content (AvgIpc) is 2.87. The molecule has 2 aliphatic carbocycles. The van der Waals surface area contributed by atoms with Crippen LogP contribution in [0.5, 0.6) is 0 Å². The smallest absolute Gasteiger partial charge is 0.0802 e. The van der Waals surface area contributed by atoms with Crippen LogP contribution in [-0.4, -0.2) is 21.4 Å². The Hall–Kier alpha value is -1.64. The zero-order valence-corrected chi connectivity index (χ0v) is 29.3. The molecular weight excluding hydrogens is 512 g/mol. The molecule has 0 heterocycles. The van der Waals surface area contributed by atoms with E-state index in [1.807, 2.05) is 26.0 Å². The highest BCUT2D eigenvalue weighted by Gasteiger charge is 2.19. The van der Waals surface area contributed by atoms with Gasteiger partial charge >= 0.3 is 0 Å². The van der Waals surface area contributed by atoms with Crippen LogP contribution >= 0.6 is 0 Å². The van der Waals surface area contributed by atoms with Crippen LogP contribution in [0.15, 0.2) is 70.9 Å². The summed E-state index contributed by atoms with van der Waals surface area (Å²) < 4.78 is 0. The van der Waals surface area contributed by atoms with Gasteiger partial charge in [0.15, 0.2) is 0 Å². The van der Waals surface area contributed by atoms with Gasteiger partial charge in [-0.3, -0.25) is 0 Å². The van der Waals surface area contributed by atoms with Gasteiger partial charge in [-0.1, -0.05) is 98.6 Å². The van der Waals surface area contributed by atoms with Crippen LogP contribution in [0, 0.1) is 23.7 Å². The largest absolute Gasteiger partial charge is 0.386 e. The summed E-state index contributed by atoms with van der Waals surface area (Å²) in [6.45, 7) is 21.9. The first-order chi connectivity index (χ1) is 19.6. The van der Waals surface area contributed by atoms with Crippen molar-refractivity contribution in [3.8, 4) is 0 Å². The highest BCUT2D eigenvalue weighted by molar-refractivity contribution is 5.09. The highest BCUT2D eigenvalue weighted by Crippen LogP contribution is 2.27. The van der Waals surface area contributed by atoms with Crippen molar-refractivity contribution in [2.75, 3.05) is 0 Å². The molecule has 0 aromatic heterocycles. The van der Waals surface area contributed by atoms with Crippen LogP contribution in [0.2, 0.25) is 0 Å². The fourth-order valence-electron chi connectivity index (χ4n) is 5.64. The van der Waals surface area contributed by atoms with Gasteiger partial charge < -0.3 is 10.2 Å². The Bertz CT molecular complexity index is 870. The Morgan fingerprint density at radius 2 is 0.857 bits per heavy atom. The Morgan fingerprint density at radius 3 is 1.19 bits per heavy atom. The van der Waals surface area contributed by atoms with Crippen LogP contribution in [-0.2, 0) is 0 Å². The first-order valence-corrected chi connectivity index (χ1v) is 17.1. The Morgan fingerprint density at radius 1 is 0.548 bits per heavy atom. The van der Waals surface area contributed by atoms with E-state index in [9.17, 15) is 10.2 Å². The summed E-state index contributed by atoms with van der Waals surface area (Å²) in [5.41, 5.74) is 4.53. The van der Waals surface area contributed by atoms with Gasteiger partial charge in [-0.2, -0.15) is 0 Å². The van der Waals surface area contributed by atoms with Crippen molar-refractivity contribution in [3.05, 3.63) is 70.9 Å². The van der Waals surface area contributed by atoms with E-state index in [-0.39, 0.29) is 0 Å². The molecule has 2 rings (SSSR count). The third-order valence-electron chi connectivity index (χ3n) is 9.21. The van der Waals surface area contributed by atoms with E-state index in [1.54, 1.807) is 0 Å². The SMILES string of the molecule is C/C1=C\CC[C@@](C)(O)/C=C/[C@H](C(C)C)CC/C(C)=C/CC1.C/C1=C\CC[C@](C)(O)/C=C/[C@H](C(C)C)CC/C(C)=C/CC1. The maximum Gasteiger partial charge on any atom is 0.0802 e. The molecule has 0 saturated carbocycles. The summed E-state index contributed by atoms with van der Waals surface area (Å²) in [7, 11) is 0. The van der Waals surface area contributed by atoms with Crippen molar-refractivity contribution in [1.29, 1.82) is 0 Å². The predicted molar refractivity (Wildman–Crippen MR) is 187 cm³/mol. The molecule has 2 N–H and O–H groups in total. The van der Waals surface area contributed by atoms with Crippen LogP contribution in [0.3, 0.4) is 0 Å².